The largest absolute Gasteiger partial charge is 0.493 e. The summed E-state index contributed by atoms with van der Waals surface area (Å²) in [5.74, 6) is 2.23. The average Bonchev–Trinajstić information content (AvgIpc) is 2.37. The third kappa shape index (κ3) is 3.40. The van der Waals surface area contributed by atoms with Crippen LogP contribution in [-0.2, 0) is 0 Å². The molecular weight excluding hydrogens is 246 g/mol. The van der Waals surface area contributed by atoms with E-state index >= 15 is 0 Å². The molecule has 0 aliphatic heterocycles. The molecule has 0 N–H and O–H groups in total. The zero-order valence-electron chi connectivity index (χ0n) is 10.7. The summed E-state index contributed by atoms with van der Waals surface area (Å²) < 4.78 is 5.78. The van der Waals surface area contributed by atoms with Crippen molar-refractivity contribution in [3.8, 4) is 11.8 Å². The third-order valence-electron chi connectivity index (χ3n) is 3.59. The van der Waals surface area contributed by atoms with Crippen LogP contribution in [0.15, 0.2) is 18.2 Å². The van der Waals surface area contributed by atoms with E-state index in [1.54, 1.807) is 12.1 Å². The maximum Gasteiger partial charge on any atom is 0.120 e. The van der Waals surface area contributed by atoms with Crippen molar-refractivity contribution in [2.75, 3.05) is 6.61 Å². The van der Waals surface area contributed by atoms with Gasteiger partial charge in [0.25, 0.3) is 0 Å². The maximum absolute atomic E-state index is 8.80. The monoisotopic (exact) mass is 263 g/mol. The zero-order valence-corrected chi connectivity index (χ0v) is 11.4. The molecule has 1 saturated carbocycles. The number of hydrogen-bond acceptors (Lipinski definition) is 2. The molecule has 0 spiro atoms. The lowest BCUT2D eigenvalue weighted by molar-refractivity contribution is 0.182. The quantitative estimate of drug-likeness (QED) is 0.809. The number of rotatable bonds is 3. The first-order chi connectivity index (χ1) is 8.69. The Balaban J connectivity index is 1.90. The normalized spacial score (nSPS) is 23.4. The summed E-state index contributed by atoms with van der Waals surface area (Å²) in [5, 5.41) is 9.26. The number of hydrogen-bond donors (Lipinski definition) is 0. The molecule has 1 fully saturated rings. The minimum Gasteiger partial charge on any atom is -0.493 e. The van der Waals surface area contributed by atoms with E-state index in [1.165, 1.54) is 25.7 Å². The fraction of sp³-hybridized carbons (Fsp3) is 0.533. The fourth-order valence-electron chi connectivity index (χ4n) is 2.60. The van der Waals surface area contributed by atoms with E-state index in [-0.39, 0.29) is 0 Å². The zero-order chi connectivity index (χ0) is 13.0. The lowest BCUT2D eigenvalue weighted by Gasteiger charge is -2.26. The summed E-state index contributed by atoms with van der Waals surface area (Å²) in [6.45, 7) is 3.07. The Hall–Kier alpha value is -1.20. The summed E-state index contributed by atoms with van der Waals surface area (Å²) in [6, 6.07) is 7.30. The van der Waals surface area contributed by atoms with E-state index < -0.39 is 0 Å². The van der Waals surface area contributed by atoms with Crippen LogP contribution in [0.2, 0.25) is 5.02 Å². The number of benzene rings is 1. The number of halogens is 1. The molecule has 0 bridgehead atoms. The highest BCUT2D eigenvalue weighted by Gasteiger charge is 2.19. The van der Waals surface area contributed by atoms with Gasteiger partial charge in [0.1, 0.15) is 11.8 Å². The van der Waals surface area contributed by atoms with E-state index in [1.807, 2.05) is 12.1 Å². The van der Waals surface area contributed by atoms with Gasteiger partial charge in [-0.25, -0.2) is 0 Å². The molecule has 0 radical (unpaired) electrons. The molecule has 1 aromatic carbocycles. The van der Waals surface area contributed by atoms with E-state index in [9.17, 15) is 0 Å². The van der Waals surface area contributed by atoms with Crippen LogP contribution in [0.5, 0.6) is 5.75 Å². The predicted molar refractivity (Wildman–Crippen MR) is 72.8 cm³/mol. The Labute approximate surface area is 114 Å². The van der Waals surface area contributed by atoms with Crippen LogP contribution in [0.1, 0.15) is 38.2 Å². The van der Waals surface area contributed by atoms with Crippen LogP contribution in [0.25, 0.3) is 0 Å². The van der Waals surface area contributed by atoms with Crippen molar-refractivity contribution in [1.82, 2.24) is 0 Å². The summed E-state index contributed by atoms with van der Waals surface area (Å²) >= 11 is 5.97. The average molecular weight is 264 g/mol. The third-order valence-corrected chi connectivity index (χ3v) is 3.90. The molecule has 0 aromatic heterocycles. The highest BCUT2D eigenvalue weighted by Crippen LogP contribution is 2.29. The molecule has 96 valence electrons. The standard InChI is InChI=1S/C15H18ClNO/c1-11-3-2-4-12(7-11)10-18-14-6-5-13(9-17)15(16)8-14/h5-6,8,11-12H,2-4,7,10H2,1H3. The SMILES string of the molecule is CC1CCCC(COc2ccc(C#N)c(Cl)c2)C1. The lowest BCUT2D eigenvalue weighted by atomic mass is 9.83. The summed E-state index contributed by atoms with van der Waals surface area (Å²) in [7, 11) is 0. The van der Waals surface area contributed by atoms with E-state index in [2.05, 4.69) is 6.92 Å². The van der Waals surface area contributed by atoms with Gasteiger partial charge in [-0.3, -0.25) is 0 Å². The smallest absolute Gasteiger partial charge is 0.120 e. The first kappa shape index (κ1) is 13.2. The molecule has 0 saturated heterocycles. The second kappa shape index (κ2) is 6.11. The van der Waals surface area contributed by atoms with Crippen molar-refractivity contribution in [3.05, 3.63) is 28.8 Å². The first-order valence-corrected chi connectivity index (χ1v) is 6.89. The molecule has 3 heteroatoms. The van der Waals surface area contributed by atoms with Gasteiger partial charge in [-0.05, 0) is 36.8 Å². The van der Waals surface area contributed by atoms with E-state index in [0.717, 1.165) is 18.3 Å². The molecule has 1 aliphatic rings. The summed E-state index contributed by atoms with van der Waals surface area (Å²) in [4.78, 5) is 0. The summed E-state index contributed by atoms with van der Waals surface area (Å²) in [6.07, 6.45) is 5.17. The molecular formula is C15H18ClNO. The summed E-state index contributed by atoms with van der Waals surface area (Å²) in [5.41, 5.74) is 0.496. The second-order valence-corrected chi connectivity index (χ2v) is 5.61. The molecule has 2 nitrogen and oxygen atoms in total. The van der Waals surface area contributed by atoms with Crippen LogP contribution in [-0.4, -0.2) is 6.61 Å². The molecule has 1 aromatic rings. The van der Waals surface area contributed by atoms with Crippen molar-refractivity contribution >= 4 is 11.6 Å². The van der Waals surface area contributed by atoms with Gasteiger partial charge in [0.2, 0.25) is 0 Å². The van der Waals surface area contributed by atoms with Gasteiger partial charge in [-0.2, -0.15) is 5.26 Å². The van der Waals surface area contributed by atoms with Crippen molar-refractivity contribution in [2.24, 2.45) is 11.8 Å². The minimum absolute atomic E-state index is 0.465. The molecule has 2 atom stereocenters. The van der Waals surface area contributed by atoms with Crippen molar-refractivity contribution < 1.29 is 4.74 Å². The Morgan fingerprint density at radius 2 is 2.28 bits per heavy atom. The lowest BCUT2D eigenvalue weighted by Crippen LogP contribution is -2.19. The molecule has 1 aliphatic carbocycles. The fourth-order valence-corrected chi connectivity index (χ4v) is 2.81. The van der Waals surface area contributed by atoms with Gasteiger partial charge in [0, 0.05) is 6.07 Å². The van der Waals surface area contributed by atoms with Crippen LogP contribution in [0.4, 0.5) is 0 Å². The van der Waals surface area contributed by atoms with Gasteiger partial charge in [0.15, 0.2) is 0 Å². The van der Waals surface area contributed by atoms with Crippen molar-refractivity contribution in [2.45, 2.75) is 32.6 Å². The Morgan fingerprint density at radius 3 is 2.94 bits per heavy atom. The van der Waals surface area contributed by atoms with Gasteiger partial charge in [-0.15, -0.1) is 0 Å². The first-order valence-electron chi connectivity index (χ1n) is 6.51. The predicted octanol–water partition coefficient (Wildman–Crippen LogP) is 4.42. The van der Waals surface area contributed by atoms with Crippen LogP contribution >= 0.6 is 11.6 Å². The minimum atomic E-state index is 0.465. The molecule has 0 amide bonds. The Morgan fingerprint density at radius 1 is 1.44 bits per heavy atom. The highest BCUT2D eigenvalue weighted by atomic mass is 35.5. The second-order valence-electron chi connectivity index (χ2n) is 5.20. The van der Waals surface area contributed by atoms with Gasteiger partial charge in [0.05, 0.1) is 17.2 Å². The van der Waals surface area contributed by atoms with Crippen LogP contribution in [0, 0.1) is 23.2 Å². The number of ether oxygens (including phenoxy) is 1. The molecule has 2 unspecified atom stereocenters. The Kier molecular flexibility index (Phi) is 4.49. The maximum atomic E-state index is 8.80. The van der Waals surface area contributed by atoms with Gasteiger partial charge < -0.3 is 4.74 Å². The van der Waals surface area contributed by atoms with Crippen molar-refractivity contribution in [1.29, 1.82) is 5.26 Å². The van der Waals surface area contributed by atoms with Crippen molar-refractivity contribution in [3.63, 3.8) is 0 Å². The van der Waals surface area contributed by atoms with E-state index in [0.29, 0.717) is 16.5 Å². The van der Waals surface area contributed by atoms with Gasteiger partial charge >= 0.3 is 0 Å². The van der Waals surface area contributed by atoms with Crippen LogP contribution < -0.4 is 4.74 Å². The number of nitriles is 1. The van der Waals surface area contributed by atoms with Gasteiger partial charge in [-0.1, -0.05) is 31.4 Å². The van der Waals surface area contributed by atoms with Crippen LogP contribution in [0.3, 0.4) is 0 Å². The number of nitrogens with zero attached hydrogens (tertiary/aromatic N) is 1. The topological polar surface area (TPSA) is 33.0 Å². The Bertz CT molecular complexity index is 452. The molecule has 0 heterocycles. The highest BCUT2D eigenvalue weighted by molar-refractivity contribution is 6.31. The molecule has 18 heavy (non-hydrogen) atoms. The van der Waals surface area contributed by atoms with E-state index in [4.69, 9.17) is 21.6 Å². The molecule has 2 rings (SSSR count).